The van der Waals surface area contributed by atoms with Crippen molar-refractivity contribution in [2.75, 3.05) is 28.9 Å². The number of hydrogen-bond donors (Lipinski definition) is 0. The molecule has 0 N–H and O–H groups in total. The van der Waals surface area contributed by atoms with Gasteiger partial charge in [0.05, 0.1) is 18.5 Å². The maximum Gasteiger partial charge on any atom is 0.343 e. The van der Waals surface area contributed by atoms with Crippen molar-refractivity contribution in [3.05, 3.63) is 89.5 Å². The van der Waals surface area contributed by atoms with Crippen LogP contribution >= 0.6 is 0 Å². The predicted molar refractivity (Wildman–Crippen MR) is 150 cm³/mol. The van der Waals surface area contributed by atoms with Crippen molar-refractivity contribution in [3.63, 3.8) is 0 Å². The molecular formula is C31H31N3O4. The van der Waals surface area contributed by atoms with E-state index in [1.165, 1.54) is 0 Å². The summed E-state index contributed by atoms with van der Waals surface area (Å²) < 4.78 is 5.73. The molecule has 0 bridgehead atoms. The molecule has 0 spiro atoms. The van der Waals surface area contributed by atoms with Crippen LogP contribution in [0.5, 0.6) is 5.75 Å². The lowest BCUT2D eigenvalue weighted by atomic mass is 9.79. The number of fused-ring (bicyclic) bond motifs is 1. The van der Waals surface area contributed by atoms with Crippen LogP contribution in [-0.2, 0) is 9.59 Å². The van der Waals surface area contributed by atoms with Gasteiger partial charge in [-0.15, -0.1) is 0 Å². The van der Waals surface area contributed by atoms with Gasteiger partial charge in [0.25, 0.3) is 11.8 Å². The smallest absolute Gasteiger partial charge is 0.343 e. The maximum absolute atomic E-state index is 13.8. The van der Waals surface area contributed by atoms with Gasteiger partial charge < -0.3 is 9.64 Å². The third-order valence-electron chi connectivity index (χ3n) is 7.56. The van der Waals surface area contributed by atoms with E-state index in [4.69, 9.17) is 4.74 Å². The van der Waals surface area contributed by atoms with Crippen LogP contribution < -0.4 is 19.4 Å². The van der Waals surface area contributed by atoms with Crippen LogP contribution in [0.1, 0.15) is 44.2 Å². The van der Waals surface area contributed by atoms with Gasteiger partial charge in [-0.2, -0.15) is 0 Å². The van der Waals surface area contributed by atoms with E-state index in [0.717, 1.165) is 27.5 Å². The monoisotopic (exact) mass is 509 g/mol. The number of anilines is 3. The number of rotatable bonds is 4. The first-order chi connectivity index (χ1) is 18.1. The van der Waals surface area contributed by atoms with Gasteiger partial charge in [0, 0.05) is 29.9 Å². The lowest BCUT2D eigenvalue weighted by Crippen LogP contribution is -2.57. The average Bonchev–Trinajstić information content (AvgIpc) is 2.90. The summed E-state index contributed by atoms with van der Waals surface area (Å²) in [5, 5.41) is 0. The molecule has 3 aromatic carbocycles. The minimum atomic E-state index is -0.718. The summed E-state index contributed by atoms with van der Waals surface area (Å²) in [7, 11) is 3.64. The largest absolute Gasteiger partial charge is 0.496 e. The van der Waals surface area contributed by atoms with Gasteiger partial charge in [0.2, 0.25) is 0 Å². The standard InChI is InChI=1S/C31H31N3O4/c1-20-19-31(2,3)32(4)26-18-27(38-5)21(16-24(20)26)17-25-28(35)33(22-12-8-6-9-13-22)30(37)34(29(25)36)23-14-10-7-11-15-23/h6-18,20H,19H2,1-5H3. The fraction of sp³-hybridized carbons (Fsp3) is 0.258. The Bertz CT molecular complexity index is 1380. The van der Waals surface area contributed by atoms with Crippen LogP contribution in [0.4, 0.5) is 21.9 Å². The summed E-state index contributed by atoms with van der Waals surface area (Å²) in [6, 6.07) is 20.5. The fourth-order valence-electron chi connectivity index (χ4n) is 5.40. The number of carbonyl (C=O) groups is 3. The summed E-state index contributed by atoms with van der Waals surface area (Å²) in [6.07, 6.45) is 2.50. The van der Waals surface area contributed by atoms with Crippen LogP contribution in [0.15, 0.2) is 78.4 Å². The molecule has 1 saturated heterocycles. The van der Waals surface area contributed by atoms with Gasteiger partial charge in [0.1, 0.15) is 11.3 Å². The number of ether oxygens (including phenoxy) is 1. The number of benzene rings is 3. The highest BCUT2D eigenvalue weighted by atomic mass is 16.5. The molecule has 2 heterocycles. The Balaban J connectivity index is 1.68. The third-order valence-corrected chi connectivity index (χ3v) is 7.56. The SMILES string of the molecule is COc1cc2c(cc1C=C1C(=O)N(c3ccccc3)C(=O)N(c3ccccc3)C1=O)C(C)CC(C)(C)N2C. The number of para-hydroxylation sites is 2. The molecule has 1 atom stereocenters. The molecule has 4 amide bonds. The summed E-state index contributed by atoms with van der Waals surface area (Å²) in [5.74, 6) is -0.544. The topological polar surface area (TPSA) is 70.2 Å². The van der Waals surface area contributed by atoms with Gasteiger partial charge in [-0.3, -0.25) is 9.59 Å². The number of nitrogens with zero attached hydrogens (tertiary/aromatic N) is 3. The summed E-state index contributed by atoms with van der Waals surface area (Å²) in [4.78, 5) is 45.4. The van der Waals surface area contributed by atoms with Gasteiger partial charge >= 0.3 is 6.03 Å². The first-order valence-electron chi connectivity index (χ1n) is 12.6. The zero-order valence-electron chi connectivity index (χ0n) is 22.3. The molecule has 1 fully saturated rings. The van der Waals surface area contributed by atoms with E-state index in [9.17, 15) is 14.4 Å². The van der Waals surface area contributed by atoms with E-state index in [1.807, 2.05) is 12.1 Å². The van der Waals surface area contributed by atoms with Crippen LogP contribution in [0.3, 0.4) is 0 Å². The van der Waals surface area contributed by atoms with Gasteiger partial charge in [0.15, 0.2) is 0 Å². The van der Waals surface area contributed by atoms with Gasteiger partial charge in [-0.25, -0.2) is 14.6 Å². The van der Waals surface area contributed by atoms with Gasteiger partial charge in [-0.1, -0.05) is 43.3 Å². The van der Waals surface area contributed by atoms with Crippen molar-refractivity contribution in [1.29, 1.82) is 0 Å². The molecule has 0 radical (unpaired) electrons. The molecule has 2 aliphatic rings. The number of methoxy groups -OCH3 is 1. The van der Waals surface area contributed by atoms with E-state index in [0.29, 0.717) is 22.7 Å². The van der Waals surface area contributed by atoms with Crippen molar-refractivity contribution in [3.8, 4) is 5.75 Å². The molecule has 0 saturated carbocycles. The van der Waals surface area contributed by atoms with Crippen LogP contribution in [0, 0.1) is 0 Å². The van der Waals surface area contributed by atoms with Crippen molar-refractivity contribution in [2.45, 2.75) is 38.6 Å². The van der Waals surface area contributed by atoms with Gasteiger partial charge in [-0.05, 0) is 68.2 Å². The van der Waals surface area contributed by atoms with E-state index in [2.05, 4.69) is 32.7 Å². The Labute approximate surface area is 222 Å². The Morgan fingerprint density at radius 2 is 1.39 bits per heavy atom. The molecule has 5 rings (SSSR count). The normalized spacial score (nSPS) is 19.0. The highest BCUT2D eigenvalue weighted by Crippen LogP contribution is 2.45. The zero-order valence-corrected chi connectivity index (χ0v) is 22.3. The first kappa shape index (κ1) is 25.3. The molecule has 1 unspecified atom stereocenters. The van der Waals surface area contributed by atoms with Crippen molar-refractivity contribution < 1.29 is 19.1 Å². The Morgan fingerprint density at radius 1 is 0.868 bits per heavy atom. The van der Waals surface area contributed by atoms with Crippen molar-refractivity contribution in [1.82, 2.24) is 0 Å². The lowest BCUT2D eigenvalue weighted by Gasteiger charge is -2.45. The Hall–Kier alpha value is -4.39. The summed E-state index contributed by atoms with van der Waals surface area (Å²) in [6.45, 7) is 6.60. The molecule has 7 nitrogen and oxygen atoms in total. The number of imide groups is 2. The van der Waals surface area contributed by atoms with E-state index in [1.54, 1.807) is 73.8 Å². The van der Waals surface area contributed by atoms with E-state index < -0.39 is 17.8 Å². The quantitative estimate of drug-likeness (QED) is 0.319. The average molecular weight is 510 g/mol. The summed E-state index contributed by atoms with van der Waals surface area (Å²) >= 11 is 0. The number of barbiturate groups is 1. The fourth-order valence-corrected chi connectivity index (χ4v) is 5.40. The van der Waals surface area contributed by atoms with Crippen molar-refractivity contribution >= 4 is 41.0 Å². The van der Waals surface area contributed by atoms with Crippen LogP contribution in [0.25, 0.3) is 6.08 Å². The highest BCUT2D eigenvalue weighted by Gasteiger charge is 2.44. The minimum Gasteiger partial charge on any atom is -0.496 e. The van der Waals surface area contributed by atoms with Crippen molar-refractivity contribution in [2.24, 2.45) is 0 Å². The van der Waals surface area contributed by atoms with E-state index in [-0.39, 0.29) is 17.0 Å². The van der Waals surface area contributed by atoms with E-state index >= 15 is 0 Å². The molecule has 3 aromatic rings. The molecule has 0 aromatic heterocycles. The summed E-state index contributed by atoms with van der Waals surface area (Å²) in [5.41, 5.74) is 3.41. The number of carbonyl (C=O) groups excluding carboxylic acids is 3. The Morgan fingerprint density at radius 3 is 1.89 bits per heavy atom. The maximum atomic E-state index is 13.8. The molecule has 0 aliphatic carbocycles. The third kappa shape index (κ3) is 4.14. The second-order valence-electron chi connectivity index (χ2n) is 10.4. The first-order valence-corrected chi connectivity index (χ1v) is 12.6. The molecule has 38 heavy (non-hydrogen) atoms. The number of urea groups is 1. The molecule has 2 aliphatic heterocycles. The highest BCUT2D eigenvalue weighted by molar-refractivity contribution is 6.46. The number of hydrogen-bond acceptors (Lipinski definition) is 5. The van der Waals surface area contributed by atoms with Crippen LogP contribution in [-0.4, -0.2) is 37.5 Å². The predicted octanol–water partition coefficient (Wildman–Crippen LogP) is 6.00. The molecular weight excluding hydrogens is 478 g/mol. The lowest BCUT2D eigenvalue weighted by molar-refractivity contribution is -0.121. The van der Waals surface area contributed by atoms with Crippen LogP contribution in [0.2, 0.25) is 0 Å². The second-order valence-corrected chi connectivity index (χ2v) is 10.4. The number of amides is 4. The second kappa shape index (κ2) is 9.49. The Kier molecular flexibility index (Phi) is 6.31. The minimum absolute atomic E-state index is 0.0283. The zero-order chi connectivity index (χ0) is 27.2. The molecule has 194 valence electrons. The molecule has 7 heteroatoms.